The van der Waals surface area contributed by atoms with E-state index in [2.05, 4.69) is 13.8 Å². The molecule has 1 aliphatic rings. The zero-order valence-corrected chi connectivity index (χ0v) is 15.8. The monoisotopic (exact) mass is 346 g/mol. The Kier molecular flexibility index (Phi) is 9.60. The first kappa shape index (κ1) is 20.9. The van der Waals surface area contributed by atoms with Crippen molar-refractivity contribution in [2.75, 3.05) is 0 Å². The van der Waals surface area contributed by atoms with E-state index >= 15 is 0 Å². The molecule has 1 aromatic carbocycles. The molecule has 0 aromatic heterocycles. The Labute approximate surface area is 151 Å². The average Bonchev–Trinajstić information content (AvgIpc) is 2.56. The third-order valence-corrected chi connectivity index (χ3v) is 3.70. The molecule has 1 aromatic rings. The number of ether oxygens (including phenoxy) is 2. The predicted octanol–water partition coefficient (Wildman–Crippen LogP) is 5.32. The molecule has 25 heavy (non-hydrogen) atoms. The molecule has 138 valence electrons. The average molecular weight is 346 g/mol. The highest BCUT2D eigenvalue weighted by Gasteiger charge is 2.24. The molecule has 0 saturated carbocycles. The van der Waals surface area contributed by atoms with Crippen LogP contribution in [0.25, 0.3) is 0 Å². The molecule has 1 heterocycles. The van der Waals surface area contributed by atoms with Crippen LogP contribution < -0.4 is 9.47 Å². The van der Waals surface area contributed by atoms with Crippen molar-refractivity contribution in [2.45, 2.75) is 59.8 Å². The van der Waals surface area contributed by atoms with E-state index in [0.29, 0.717) is 24.3 Å². The molecule has 0 aliphatic carbocycles. The van der Waals surface area contributed by atoms with Gasteiger partial charge < -0.3 is 9.47 Å². The van der Waals surface area contributed by atoms with Crippen molar-refractivity contribution in [1.82, 2.24) is 0 Å². The minimum Gasteiger partial charge on any atom is -0.423 e. The number of hydrogen-bond acceptors (Lipinski definition) is 4. The van der Waals surface area contributed by atoms with Gasteiger partial charge in [0.05, 0.1) is 5.92 Å². The Morgan fingerprint density at radius 2 is 1.64 bits per heavy atom. The highest BCUT2D eigenvalue weighted by atomic mass is 16.6. The van der Waals surface area contributed by atoms with Crippen molar-refractivity contribution < 1.29 is 19.1 Å². The standard InChI is InChI=1S/C18H22O4.C3H8/c1-13(2)14-9-5-3-4-6-12-17(19)21-15-10-7-8-11-16(15)22-18(14)20;1-3-2/h3,5,7-8,10-11,13-14H,4,6,9,12H2,1-2H3;3H2,1-2H3/b5-3-;. The SMILES string of the molecule is CC(C)C1C/C=C\CCCC(=O)Oc2ccccc2OC1=O.CCC. The second-order valence-electron chi connectivity index (χ2n) is 6.50. The molecular weight excluding hydrogens is 316 g/mol. The van der Waals surface area contributed by atoms with E-state index in [1.54, 1.807) is 24.3 Å². The molecule has 1 aliphatic heterocycles. The van der Waals surface area contributed by atoms with Crippen molar-refractivity contribution in [2.24, 2.45) is 11.8 Å². The largest absolute Gasteiger partial charge is 0.423 e. The van der Waals surface area contributed by atoms with Crippen molar-refractivity contribution in [3.63, 3.8) is 0 Å². The van der Waals surface area contributed by atoms with Crippen LogP contribution in [0.3, 0.4) is 0 Å². The second kappa shape index (κ2) is 11.5. The summed E-state index contributed by atoms with van der Waals surface area (Å²) in [7, 11) is 0. The maximum atomic E-state index is 12.4. The van der Waals surface area contributed by atoms with Gasteiger partial charge in [0.2, 0.25) is 0 Å². The highest BCUT2D eigenvalue weighted by Crippen LogP contribution is 2.29. The van der Waals surface area contributed by atoms with E-state index in [9.17, 15) is 9.59 Å². The summed E-state index contributed by atoms with van der Waals surface area (Å²) in [6.07, 6.45) is 7.80. The Balaban J connectivity index is 0.000000970. The Hall–Kier alpha value is -2.10. The van der Waals surface area contributed by atoms with E-state index in [0.717, 1.165) is 12.8 Å². The summed E-state index contributed by atoms with van der Waals surface area (Å²) >= 11 is 0. The number of para-hydroxylation sites is 2. The van der Waals surface area contributed by atoms with Gasteiger partial charge in [-0.15, -0.1) is 0 Å². The summed E-state index contributed by atoms with van der Waals surface area (Å²) in [5.74, 6) is -0.0259. The number of allylic oxidation sites excluding steroid dienone is 2. The highest BCUT2D eigenvalue weighted by molar-refractivity contribution is 5.78. The van der Waals surface area contributed by atoms with Crippen LogP contribution in [0.2, 0.25) is 0 Å². The van der Waals surface area contributed by atoms with E-state index in [1.807, 2.05) is 26.0 Å². The van der Waals surface area contributed by atoms with Gasteiger partial charge in [-0.1, -0.05) is 58.4 Å². The van der Waals surface area contributed by atoms with Crippen LogP contribution in [0.1, 0.15) is 59.8 Å². The Morgan fingerprint density at radius 1 is 1.04 bits per heavy atom. The Bertz CT molecular complexity index is 575. The first-order valence-corrected chi connectivity index (χ1v) is 9.15. The predicted molar refractivity (Wildman–Crippen MR) is 99.6 cm³/mol. The van der Waals surface area contributed by atoms with Gasteiger partial charge in [-0.2, -0.15) is 0 Å². The first-order valence-electron chi connectivity index (χ1n) is 9.15. The second-order valence-corrected chi connectivity index (χ2v) is 6.50. The minimum atomic E-state index is -0.309. The quantitative estimate of drug-likeness (QED) is 0.392. The van der Waals surface area contributed by atoms with Crippen molar-refractivity contribution in [1.29, 1.82) is 0 Å². The zero-order chi connectivity index (χ0) is 18.7. The fraction of sp³-hybridized carbons (Fsp3) is 0.524. The third-order valence-electron chi connectivity index (χ3n) is 3.70. The van der Waals surface area contributed by atoms with Gasteiger partial charge in [0.1, 0.15) is 0 Å². The lowest BCUT2D eigenvalue weighted by molar-refractivity contribution is -0.141. The smallest absolute Gasteiger partial charge is 0.315 e. The maximum Gasteiger partial charge on any atom is 0.315 e. The summed E-state index contributed by atoms with van der Waals surface area (Å²) in [6.45, 7) is 8.26. The zero-order valence-electron chi connectivity index (χ0n) is 15.8. The van der Waals surface area contributed by atoms with E-state index in [1.165, 1.54) is 6.42 Å². The molecule has 2 rings (SSSR count). The number of rotatable bonds is 1. The van der Waals surface area contributed by atoms with Gasteiger partial charge in [-0.05, 0) is 37.3 Å². The first-order chi connectivity index (χ1) is 12.0. The lowest BCUT2D eigenvalue weighted by atomic mass is 9.92. The third kappa shape index (κ3) is 7.55. The van der Waals surface area contributed by atoms with Gasteiger partial charge in [-0.25, -0.2) is 0 Å². The van der Waals surface area contributed by atoms with Crippen LogP contribution in [-0.2, 0) is 9.59 Å². The van der Waals surface area contributed by atoms with Gasteiger partial charge in [0, 0.05) is 6.42 Å². The van der Waals surface area contributed by atoms with E-state index < -0.39 is 0 Å². The van der Waals surface area contributed by atoms with Gasteiger partial charge in [-0.3, -0.25) is 9.59 Å². The number of carbonyl (C=O) groups is 2. The number of benzene rings is 1. The van der Waals surface area contributed by atoms with Gasteiger partial charge in [0.25, 0.3) is 0 Å². The Morgan fingerprint density at radius 3 is 2.24 bits per heavy atom. The molecule has 0 N–H and O–H groups in total. The normalized spacial score (nSPS) is 19.8. The fourth-order valence-corrected chi connectivity index (χ4v) is 2.34. The number of carbonyl (C=O) groups excluding carboxylic acids is 2. The van der Waals surface area contributed by atoms with Crippen LogP contribution in [0, 0.1) is 11.8 Å². The van der Waals surface area contributed by atoms with Crippen molar-refractivity contribution in [3.05, 3.63) is 36.4 Å². The molecule has 1 unspecified atom stereocenters. The number of fused-ring (bicyclic) bond motifs is 1. The maximum absolute atomic E-state index is 12.4. The lowest BCUT2D eigenvalue weighted by Crippen LogP contribution is -2.25. The van der Waals surface area contributed by atoms with Crippen LogP contribution in [0.4, 0.5) is 0 Å². The topological polar surface area (TPSA) is 52.6 Å². The molecule has 0 saturated heterocycles. The fourth-order valence-electron chi connectivity index (χ4n) is 2.34. The summed E-state index contributed by atoms with van der Waals surface area (Å²) in [6, 6.07) is 6.79. The van der Waals surface area contributed by atoms with Crippen LogP contribution in [0.5, 0.6) is 11.5 Å². The number of hydrogen-bond donors (Lipinski definition) is 0. The minimum absolute atomic E-state index is 0.178. The molecule has 1 atom stereocenters. The summed E-state index contributed by atoms with van der Waals surface area (Å²) in [4.78, 5) is 24.2. The molecule has 4 heteroatoms. The van der Waals surface area contributed by atoms with Crippen LogP contribution in [0.15, 0.2) is 36.4 Å². The molecule has 0 spiro atoms. The summed E-state index contributed by atoms with van der Waals surface area (Å²) < 4.78 is 10.8. The summed E-state index contributed by atoms with van der Waals surface area (Å²) in [5.41, 5.74) is 0. The van der Waals surface area contributed by atoms with E-state index in [-0.39, 0.29) is 23.8 Å². The molecule has 0 radical (unpaired) electrons. The van der Waals surface area contributed by atoms with Crippen LogP contribution in [-0.4, -0.2) is 11.9 Å². The van der Waals surface area contributed by atoms with Crippen LogP contribution >= 0.6 is 0 Å². The molecule has 4 nitrogen and oxygen atoms in total. The van der Waals surface area contributed by atoms with E-state index in [4.69, 9.17) is 9.47 Å². The molecule has 0 bridgehead atoms. The number of esters is 2. The van der Waals surface area contributed by atoms with Gasteiger partial charge >= 0.3 is 11.9 Å². The molecule has 0 fully saturated rings. The summed E-state index contributed by atoms with van der Waals surface area (Å²) in [5, 5.41) is 0. The lowest BCUT2D eigenvalue weighted by Gasteiger charge is -2.18. The van der Waals surface area contributed by atoms with Gasteiger partial charge in [0.15, 0.2) is 11.5 Å². The molecule has 0 amide bonds. The van der Waals surface area contributed by atoms with Crippen molar-refractivity contribution in [3.8, 4) is 11.5 Å². The molecular formula is C21H30O4. The van der Waals surface area contributed by atoms with Crippen molar-refractivity contribution >= 4 is 11.9 Å².